The van der Waals surface area contributed by atoms with Crippen molar-refractivity contribution < 1.29 is 4.79 Å². The van der Waals surface area contributed by atoms with E-state index in [0.717, 1.165) is 53.0 Å². The Morgan fingerprint density at radius 2 is 1.79 bits per heavy atom. The molecule has 4 heterocycles. The molecule has 0 radical (unpaired) electrons. The molecule has 0 bridgehead atoms. The van der Waals surface area contributed by atoms with E-state index in [1.54, 1.807) is 6.20 Å². The third-order valence-corrected chi connectivity index (χ3v) is 7.08. The van der Waals surface area contributed by atoms with E-state index >= 15 is 0 Å². The SMILES string of the molecule is Cc1cnc(CN2C=CC3(CC2)C(=O)N(c2cnc4ccccc4c2)c2ccccc23)c(C)c1. The van der Waals surface area contributed by atoms with Crippen LogP contribution in [0, 0.1) is 13.8 Å². The van der Waals surface area contributed by atoms with Gasteiger partial charge in [-0.2, -0.15) is 0 Å². The zero-order chi connectivity index (χ0) is 23.3. The summed E-state index contributed by atoms with van der Waals surface area (Å²) in [5.74, 6) is 0.0892. The molecule has 1 atom stereocenters. The normalized spacial score (nSPS) is 19.3. The third kappa shape index (κ3) is 3.19. The molecule has 0 aliphatic carbocycles. The van der Waals surface area contributed by atoms with Crippen LogP contribution in [0.15, 0.2) is 85.3 Å². The van der Waals surface area contributed by atoms with Gasteiger partial charge in [0.15, 0.2) is 0 Å². The molecule has 4 aromatic rings. The molecule has 1 amide bonds. The van der Waals surface area contributed by atoms with Crippen LogP contribution in [0.25, 0.3) is 10.9 Å². The Kier molecular flexibility index (Phi) is 4.73. The number of hydrogen-bond donors (Lipinski definition) is 0. The molecular formula is C29H26N4O. The minimum Gasteiger partial charge on any atom is -0.372 e. The smallest absolute Gasteiger partial charge is 0.246 e. The lowest BCUT2D eigenvalue weighted by atomic mass is 9.77. The van der Waals surface area contributed by atoms with Gasteiger partial charge in [0.1, 0.15) is 0 Å². The first-order chi connectivity index (χ1) is 16.5. The Bertz CT molecular complexity index is 1460. The molecule has 1 unspecified atom stereocenters. The van der Waals surface area contributed by atoms with Crippen LogP contribution < -0.4 is 4.90 Å². The van der Waals surface area contributed by atoms with E-state index in [9.17, 15) is 4.79 Å². The predicted octanol–water partition coefficient (Wildman–Crippen LogP) is 5.58. The maximum Gasteiger partial charge on any atom is 0.246 e. The Morgan fingerprint density at radius 1 is 0.971 bits per heavy atom. The molecule has 0 saturated carbocycles. The largest absolute Gasteiger partial charge is 0.372 e. The summed E-state index contributed by atoms with van der Waals surface area (Å²) in [4.78, 5) is 27.4. The Hall–Kier alpha value is -3.99. The summed E-state index contributed by atoms with van der Waals surface area (Å²) in [7, 11) is 0. The molecule has 0 N–H and O–H groups in total. The van der Waals surface area contributed by atoms with Crippen LogP contribution in [0.3, 0.4) is 0 Å². The monoisotopic (exact) mass is 446 g/mol. The van der Waals surface area contributed by atoms with Gasteiger partial charge in [0.25, 0.3) is 0 Å². The standard InChI is InChI=1S/C29H26N4O/c1-20-15-21(2)26(30-17-20)19-32-13-11-29(12-14-32)24-8-4-6-10-27(24)33(28(29)34)23-16-22-7-3-5-9-25(22)31-18-23/h3-11,13,15-18H,12,14,19H2,1-2H3. The number of rotatable bonds is 3. The average Bonchev–Trinajstić information content (AvgIpc) is 3.09. The van der Waals surface area contributed by atoms with Gasteiger partial charge in [0.05, 0.1) is 40.7 Å². The van der Waals surface area contributed by atoms with E-state index in [4.69, 9.17) is 0 Å². The molecule has 2 aliphatic rings. The van der Waals surface area contributed by atoms with Crippen molar-refractivity contribution in [2.75, 3.05) is 11.4 Å². The van der Waals surface area contributed by atoms with Crippen molar-refractivity contribution in [2.24, 2.45) is 0 Å². The van der Waals surface area contributed by atoms with Gasteiger partial charge in [0, 0.05) is 18.1 Å². The highest BCUT2D eigenvalue weighted by molar-refractivity contribution is 6.14. The molecule has 2 aromatic carbocycles. The number of para-hydroxylation sites is 2. The zero-order valence-electron chi connectivity index (χ0n) is 19.4. The molecule has 2 aliphatic heterocycles. The molecular weight excluding hydrogens is 420 g/mol. The van der Waals surface area contributed by atoms with Crippen molar-refractivity contribution >= 4 is 28.2 Å². The predicted molar refractivity (Wildman–Crippen MR) is 135 cm³/mol. The van der Waals surface area contributed by atoms with Gasteiger partial charge < -0.3 is 4.90 Å². The number of benzene rings is 2. The second-order valence-electron chi connectivity index (χ2n) is 9.33. The average molecular weight is 447 g/mol. The lowest BCUT2D eigenvalue weighted by Crippen LogP contribution is -2.42. The highest BCUT2D eigenvalue weighted by atomic mass is 16.2. The number of fused-ring (bicyclic) bond motifs is 3. The number of anilines is 2. The summed E-state index contributed by atoms with van der Waals surface area (Å²) in [5, 5.41) is 1.03. The van der Waals surface area contributed by atoms with Crippen molar-refractivity contribution in [3.63, 3.8) is 0 Å². The fourth-order valence-electron chi connectivity index (χ4n) is 5.25. The minimum absolute atomic E-state index is 0.0892. The molecule has 0 saturated heterocycles. The third-order valence-electron chi connectivity index (χ3n) is 7.08. The van der Waals surface area contributed by atoms with Crippen molar-refractivity contribution in [1.82, 2.24) is 14.9 Å². The summed E-state index contributed by atoms with van der Waals surface area (Å²) in [6.07, 6.45) is 8.63. The number of amides is 1. The van der Waals surface area contributed by atoms with Gasteiger partial charge in [-0.15, -0.1) is 0 Å². The maximum absolute atomic E-state index is 14.0. The fourth-order valence-corrected chi connectivity index (χ4v) is 5.25. The summed E-state index contributed by atoms with van der Waals surface area (Å²) >= 11 is 0. The lowest BCUT2D eigenvalue weighted by Gasteiger charge is -2.34. The van der Waals surface area contributed by atoms with E-state index < -0.39 is 5.41 Å². The van der Waals surface area contributed by atoms with Gasteiger partial charge in [-0.25, -0.2) is 0 Å². The fraction of sp³-hybridized carbons (Fsp3) is 0.207. The highest BCUT2D eigenvalue weighted by Gasteiger charge is 2.50. The summed E-state index contributed by atoms with van der Waals surface area (Å²) in [6.45, 7) is 5.70. The number of pyridine rings is 2. The first-order valence-corrected chi connectivity index (χ1v) is 11.7. The first-order valence-electron chi connectivity index (χ1n) is 11.7. The van der Waals surface area contributed by atoms with Gasteiger partial charge in [-0.3, -0.25) is 19.7 Å². The van der Waals surface area contributed by atoms with Crippen molar-refractivity contribution in [3.05, 3.63) is 108 Å². The van der Waals surface area contributed by atoms with Crippen LogP contribution >= 0.6 is 0 Å². The number of carbonyl (C=O) groups excluding carboxylic acids is 1. The second-order valence-corrected chi connectivity index (χ2v) is 9.33. The number of aromatic nitrogens is 2. The van der Waals surface area contributed by atoms with Crippen LogP contribution in [-0.4, -0.2) is 27.3 Å². The Morgan fingerprint density at radius 3 is 2.62 bits per heavy atom. The van der Waals surface area contributed by atoms with Crippen LogP contribution in [0.4, 0.5) is 11.4 Å². The quantitative estimate of drug-likeness (QED) is 0.412. The van der Waals surface area contributed by atoms with Gasteiger partial charge in [-0.1, -0.05) is 42.5 Å². The molecule has 2 aromatic heterocycles. The summed E-state index contributed by atoms with van der Waals surface area (Å²) in [5.41, 5.74) is 6.53. The second kappa shape index (κ2) is 7.80. The van der Waals surface area contributed by atoms with E-state index in [1.165, 1.54) is 11.1 Å². The van der Waals surface area contributed by atoms with Gasteiger partial charge in [0.2, 0.25) is 5.91 Å². The Balaban J connectivity index is 1.36. The number of nitrogens with zero attached hydrogens (tertiary/aromatic N) is 4. The minimum atomic E-state index is -0.658. The van der Waals surface area contributed by atoms with Crippen LogP contribution in [0.2, 0.25) is 0 Å². The summed E-state index contributed by atoms with van der Waals surface area (Å²) < 4.78 is 0. The first kappa shape index (κ1) is 20.6. The molecule has 168 valence electrons. The van der Waals surface area contributed by atoms with Crippen molar-refractivity contribution in [3.8, 4) is 0 Å². The Labute approximate surface area is 199 Å². The molecule has 0 fully saturated rings. The lowest BCUT2D eigenvalue weighted by molar-refractivity contribution is -0.121. The number of hydrogen-bond acceptors (Lipinski definition) is 4. The van der Waals surface area contributed by atoms with E-state index in [2.05, 4.69) is 59.2 Å². The molecule has 5 heteroatoms. The van der Waals surface area contributed by atoms with Gasteiger partial charge in [-0.05, 0) is 67.4 Å². The number of carbonyl (C=O) groups is 1. The van der Waals surface area contributed by atoms with Crippen molar-refractivity contribution in [1.29, 1.82) is 0 Å². The van der Waals surface area contributed by atoms with Crippen molar-refractivity contribution in [2.45, 2.75) is 32.2 Å². The molecule has 34 heavy (non-hydrogen) atoms. The van der Waals surface area contributed by atoms with Crippen LogP contribution in [0.5, 0.6) is 0 Å². The zero-order valence-corrected chi connectivity index (χ0v) is 19.4. The molecule has 5 nitrogen and oxygen atoms in total. The molecule has 1 spiro atoms. The summed E-state index contributed by atoms with van der Waals surface area (Å²) in [6, 6.07) is 20.4. The van der Waals surface area contributed by atoms with E-state index in [1.807, 2.05) is 53.6 Å². The topological polar surface area (TPSA) is 49.3 Å². The molecule has 6 rings (SSSR count). The number of aryl methyl sites for hydroxylation is 2. The van der Waals surface area contributed by atoms with E-state index in [0.29, 0.717) is 0 Å². The van der Waals surface area contributed by atoms with E-state index in [-0.39, 0.29) is 5.91 Å². The maximum atomic E-state index is 14.0. The van der Waals surface area contributed by atoms with Crippen LogP contribution in [-0.2, 0) is 16.8 Å². The highest BCUT2D eigenvalue weighted by Crippen LogP contribution is 2.49. The van der Waals surface area contributed by atoms with Crippen LogP contribution in [0.1, 0.15) is 28.8 Å². The van der Waals surface area contributed by atoms with Gasteiger partial charge >= 0.3 is 0 Å².